The highest BCUT2D eigenvalue weighted by Crippen LogP contribution is 2.21. The van der Waals surface area contributed by atoms with E-state index in [9.17, 15) is 0 Å². The van der Waals surface area contributed by atoms with Crippen molar-refractivity contribution in [3.63, 3.8) is 0 Å². The molecule has 0 spiro atoms. The average molecular weight is 257 g/mol. The molecule has 1 aromatic heterocycles. The van der Waals surface area contributed by atoms with Crippen LogP contribution < -0.4 is 11.1 Å². The summed E-state index contributed by atoms with van der Waals surface area (Å²) in [7, 11) is 1.71. The number of hydrogen-bond acceptors (Lipinski definition) is 4. The standard InChI is InChI=1S/C15H19N3O/c1-11-13(16)7-8-15(17-11)18-14-6-4-3-5-12(14)9-10-19-2/h3-8H,9-10,16H2,1-2H3,(H,17,18). The Hall–Kier alpha value is -2.07. The number of anilines is 3. The molecule has 0 atom stereocenters. The van der Waals surface area contributed by atoms with Gasteiger partial charge in [-0.2, -0.15) is 0 Å². The number of nitrogen functional groups attached to an aromatic ring is 1. The van der Waals surface area contributed by atoms with Gasteiger partial charge in [0.1, 0.15) is 5.82 Å². The molecule has 0 saturated carbocycles. The minimum absolute atomic E-state index is 0.701. The van der Waals surface area contributed by atoms with Crippen LogP contribution in [0, 0.1) is 6.92 Å². The third-order valence-electron chi connectivity index (χ3n) is 2.98. The number of aryl methyl sites for hydroxylation is 1. The van der Waals surface area contributed by atoms with E-state index in [1.54, 1.807) is 7.11 Å². The summed E-state index contributed by atoms with van der Waals surface area (Å²) < 4.78 is 5.13. The second-order valence-electron chi connectivity index (χ2n) is 4.40. The molecule has 0 fully saturated rings. The summed E-state index contributed by atoms with van der Waals surface area (Å²) in [4.78, 5) is 4.42. The number of pyridine rings is 1. The quantitative estimate of drug-likeness (QED) is 0.864. The fourth-order valence-corrected chi connectivity index (χ4v) is 1.85. The Bertz CT molecular complexity index is 555. The summed E-state index contributed by atoms with van der Waals surface area (Å²) in [6, 6.07) is 11.9. The number of rotatable bonds is 5. The van der Waals surface area contributed by atoms with E-state index < -0.39 is 0 Å². The summed E-state index contributed by atoms with van der Waals surface area (Å²) >= 11 is 0. The Morgan fingerprint density at radius 3 is 2.74 bits per heavy atom. The lowest BCUT2D eigenvalue weighted by Crippen LogP contribution is -2.02. The zero-order valence-electron chi connectivity index (χ0n) is 11.3. The smallest absolute Gasteiger partial charge is 0.130 e. The van der Waals surface area contributed by atoms with E-state index in [1.807, 2.05) is 37.3 Å². The summed E-state index contributed by atoms with van der Waals surface area (Å²) in [5, 5.41) is 3.33. The number of methoxy groups -OCH3 is 1. The van der Waals surface area contributed by atoms with Gasteiger partial charge >= 0.3 is 0 Å². The fraction of sp³-hybridized carbons (Fsp3) is 0.267. The average Bonchev–Trinajstić information content (AvgIpc) is 2.42. The van der Waals surface area contributed by atoms with Crippen molar-refractivity contribution in [1.82, 2.24) is 4.98 Å². The van der Waals surface area contributed by atoms with Gasteiger partial charge in [-0.25, -0.2) is 4.98 Å². The van der Waals surface area contributed by atoms with Crippen LogP contribution in [0.4, 0.5) is 17.2 Å². The zero-order valence-corrected chi connectivity index (χ0v) is 11.3. The molecule has 0 aliphatic rings. The molecule has 0 bridgehead atoms. The molecule has 0 radical (unpaired) electrons. The van der Waals surface area contributed by atoms with Crippen LogP contribution in [0.2, 0.25) is 0 Å². The van der Waals surface area contributed by atoms with Crippen LogP contribution in [-0.2, 0) is 11.2 Å². The highest BCUT2D eigenvalue weighted by molar-refractivity contribution is 5.62. The maximum Gasteiger partial charge on any atom is 0.130 e. The third kappa shape index (κ3) is 3.45. The highest BCUT2D eigenvalue weighted by atomic mass is 16.5. The monoisotopic (exact) mass is 257 g/mol. The van der Waals surface area contributed by atoms with Gasteiger partial charge in [0, 0.05) is 12.8 Å². The molecule has 100 valence electrons. The molecule has 0 saturated heterocycles. The maximum absolute atomic E-state index is 5.77. The highest BCUT2D eigenvalue weighted by Gasteiger charge is 2.04. The topological polar surface area (TPSA) is 60.2 Å². The molecule has 0 aliphatic carbocycles. The minimum Gasteiger partial charge on any atom is -0.397 e. The van der Waals surface area contributed by atoms with Gasteiger partial charge in [-0.3, -0.25) is 0 Å². The zero-order chi connectivity index (χ0) is 13.7. The minimum atomic E-state index is 0.701. The van der Waals surface area contributed by atoms with Crippen LogP contribution in [0.1, 0.15) is 11.3 Å². The Morgan fingerprint density at radius 1 is 1.21 bits per heavy atom. The summed E-state index contributed by atoms with van der Waals surface area (Å²) in [6.45, 7) is 2.60. The van der Waals surface area contributed by atoms with Crippen molar-refractivity contribution in [2.24, 2.45) is 0 Å². The van der Waals surface area contributed by atoms with Crippen LogP contribution in [0.15, 0.2) is 36.4 Å². The van der Waals surface area contributed by atoms with Gasteiger partial charge in [0.2, 0.25) is 0 Å². The molecule has 0 aliphatic heterocycles. The first-order valence-electron chi connectivity index (χ1n) is 6.27. The molecule has 2 aromatic rings. The number of hydrogen-bond donors (Lipinski definition) is 2. The van der Waals surface area contributed by atoms with Crippen LogP contribution >= 0.6 is 0 Å². The van der Waals surface area contributed by atoms with Gasteiger partial charge in [-0.15, -0.1) is 0 Å². The molecule has 4 nitrogen and oxygen atoms in total. The lowest BCUT2D eigenvalue weighted by molar-refractivity contribution is 0.202. The first-order valence-corrected chi connectivity index (χ1v) is 6.27. The number of nitrogens with one attached hydrogen (secondary N) is 1. The first-order chi connectivity index (χ1) is 9.20. The van der Waals surface area contributed by atoms with Crippen LogP contribution in [-0.4, -0.2) is 18.7 Å². The normalized spacial score (nSPS) is 10.4. The third-order valence-corrected chi connectivity index (χ3v) is 2.98. The molecule has 0 unspecified atom stereocenters. The van der Waals surface area contributed by atoms with Crippen molar-refractivity contribution in [3.8, 4) is 0 Å². The van der Waals surface area contributed by atoms with E-state index in [0.717, 1.165) is 23.6 Å². The van der Waals surface area contributed by atoms with Crippen LogP contribution in [0.25, 0.3) is 0 Å². The van der Waals surface area contributed by atoms with E-state index >= 15 is 0 Å². The van der Waals surface area contributed by atoms with E-state index in [-0.39, 0.29) is 0 Å². The van der Waals surface area contributed by atoms with E-state index in [0.29, 0.717) is 12.3 Å². The molecular formula is C15H19N3O. The Balaban J connectivity index is 2.20. The number of para-hydroxylation sites is 1. The van der Waals surface area contributed by atoms with Crippen molar-refractivity contribution >= 4 is 17.2 Å². The Labute approximate surface area is 113 Å². The van der Waals surface area contributed by atoms with Crippen molar-refractivity contribution in [2.75, 3.05) is 24.8 Å². The fourth-order valence-electron chi connectivity index (χ4n) is 1.85. The Kier molecular flexibility index (Phi) is 4.36. The molecule has 2 rings (SSSR count). The van der Waals surface area contributed by atoms with Crippen molar-refractivity contribution < 1.29 is 4.74 Å². The number of nitrogens with zero attached hydrogens (tertiary/aromatic N) is 1. The molecule has 1 aromatic carbocycles. The van der Waals surface area contributed by atoms with Crippen molar-refractivity contribution in [1.29, 1.82) is 0 Å². The van der Waals surface area contributed by atoms with Gasteiger partial charge in [-0.05, 0) is 37.1 Å². The number of nitrogens with two attached hydrogens (primary N) is 1. The largest absolute Gasteiger partial charge is 0.397 e. The SMILES string of the molecule is COCCc1ccccc1Nc1ccc(N)c(C)n1. The number of benzene rings is 1. The van der Waals surface area contributed by atoms with Gasteiger partial charge in [-0.1, -0.05) is 18.2 Å². The van der Waals surface area contributed by atoms with Gasteiger partial charge in [0.15, 0.2) is 0 Å². The predicted molar refractivity (Wildman–Crippen MR) is 78.7 cm³/mol. The van der Waals surface area contributed by atoms with Gasteiger partial charge in [0.25, 0.3) is 0 Å². The van der Waals surface area contributed by atoms with Crippen LogP contribution in [0.5, 0.6) is 0 Å². The van der Waals surface area contributed by atoms with Crippen LogP contribution in [0.3, 0.4) is 0 Å². The molecular weight excluding hydrogens is 238 g/mol. The van der Waals surface area contributed by atoms with Crippen molar-refractivity contribution in [2.45, 2.75) is 13.3 Å². The summed E-state index contributed by atoms with van der Waals surface area (Å²) in [5.74, 6) is 0.802. The molecule has 19 heavy (non-hydrogen) atoms. The van der Waals surface area contributed by atoms with E-state index in [1.165, 1.54) is 5.56 Å². The molecule has 4 heteroatoms. The first kappa shape index (κ1) is 13.4. The second kappa shape index (κ2) is 6.20. The Morgan fingerprint density at radius 2 is 2.00 bits per heavy atom. The lowest BCUT2D eigenvalue weighted by Gasteiger charge is -2.12. The summed E-state index contributed by atoms with van der Waals surface area (Å²) in [6.07, 6.45) is 0.869. The van der Waals surface area contributed by atoms with Gasteiger partial charge < -0.3 is 15.8 Å². The molecule has 3 N–H and O–H groups in total. The maximum atomic E-state index is 5.77. The van der Waals surface area contributed by atoms with Crippen molar-refractivity contribution in [3.05, 3.63) is 47.7 Å². The molecule has 0 amide bonds. The van der Waals surface area contributed by atoms with E-state index in [4.69, 9.17) is 10.5 Å². The second-order valence-corrected chi connectivity index (χ2v) is 4.40. The predicted octanol–water partition coefficient (Wildman–Crippen LogP) is 2.90. The van der Waals surface area contributed by atoms with E-state index in [2.05, 4.69) is 16.4 Å². The number of ether oxygens (including phenoxy) is 1. The van der Waals surface area contributed by atoms with Gasteiger partial charge in [0.05, 0.1) is 18.0 Å². The summed E-state index contributed by atoms with van der Waals surface area (Å²) in [5.41, 5.74) is 9.57. The number of aromatic nitrogens is 1. The molecule has 1 heterocycles. The lowest BCUT2D eigenvalue weighted by atomic mass is 10.1.